The molecule has 2 fully saturated rings. The molecule has 0 spiro atoms. The maximum atomic E-state index is 12.4. The molecule has 8 heteroatoms. The zero-order valence-electron chi connectivity index (χ0n) is 18.4. The van der Waals surface area contributed by atoms with Crippen LogP contribution in [0, 0.1) is 11.8 Å². The first-order chi connectivity index (χ1) is 13.9. The Morgan fingerprint density at radius 3 is 2.30 bits per heavy atom. The first-order valence-corrected chi connectivity index (χ1v) is 12.6. The van der Waals surface area contributed by atoms with E-state index in [1.165, 1.54) is 25.7 Å². The minimum absolute atomic E-state index is 0. The molecule has 2 unspecified atom stereocenters. The fraction of sp³-hybridized carbons (Fsp3) is 0.682. The smallest absolute Gasteiger partial charge is 0.216 e. The predicted octanol–water partition coefficient (Wildman–Crippen LogP) is 3.72. The highest BCUT2D eigenvalue weighted by Gasteiger charge is 2.35. The standard InChI is InChI=1S/C22H36N4O2S.HI/c1-4-23-22(26-14-19-10-6-7-11-20(19)15-26)24-13-18-9-5-8-12-21(18)16-29(27,28)25-17(2)3;/h5,8-9,12,17,19-20,25H,4,6-7,10-11,13-16H2,1-3H3,(H,23,24);1H. The lowest BCUT2D eigenvalue weighted by Crippen LogP contribution is -2.40. The average molecular weight is 549 g/mol. The van der Waals surface area contributed by atoms with Gasteiger partial charge in [0.2, 0.25) is 10.0 Å². The Hall–Kier alpha value is -0.870. The fourth-order valence-corrected chi connectivity index (χ4v) is 6.12. The first kappa shape index (κ1) is 25.4. The van der Waals surface area contributed by atoms with E-state index in [0.29, 0.717) is 6.54 Å². The number of halogens is 1. The van der Waals surface area contributed by atoms with Gasteiger partial charge in [-0.25, -0.2) is 18.1 Å². The highest BCUT2D eigenvalue weighted by molar-refractivity contribution is 14.0. The van der Waals surface area contributed by atoms with Crippen LogP contribution in [0.25, 0.3) is 0 Å². The summed E-state index contributed by atoms with van der Waals surface area (Å²) in [6, 6.07) is 7.61. The molecule has 170 valence electrons. The Morgan fingerprint density at radius 1 is 1.13 bits per heavy atom. The van der Waals surface area contributed by atoms with E-state index >= 15 is 0 Å². The second kappa shape index (κ2) is 11.7. The molecule has 1 heterocycles. The molecule has 0 bridgehead atoms. The van der Waals surface area contributed by atoms with Gasteiger partial charge in [-0.3, -0.25) is 0 Å². The summed E-state index contributed by atoms with van der Waals surface area (Å²) in [6.45, 7) is 9.27. The van der Waals surface area contributed by atoms with Crippen LogP contribution in [0.2, 0.25) is 0 Å². The van der Waals surface area contributed by atoms with Gasteiger partial charge in [-0.1, -0.05) is 37.1 Å². The molecule has 0 amide bonds. The summed E-state index contributed by atoms with van der Waals surface area (Å²) in [6.07, 6.45) is 5.39. The van der Waals surface area contributed by atoms with Crippen LogP contribution < -0.4 is 10.0 Å². The van der Waals surface area contributed by atoms with Crippen molar-refractivity contribution in [3.63, 3.8) is 0 Å². The molecular weight excluding hydrogens is 511 g/mol. The number of nitrogens with zero attached hydrogens (tertiary/aromatic N) is 2. The number of hydrogen-bond acceptors (Lipinski definition) is 3. The van der Waals surface area contributed by atoms with Gasteiger partial charge in [0, 0.05) is 25.7 Å². The van der Waals surface area contributed by atoms with Gasteiger partial charge in [0.15, 0.2) is 5.96 Å². The van der Waals surface area contributed by atoms with Crippen molar-refractivity contribution in [3.8, 4) is 0 Å². The van der Waals surface area contributed by atoms with Gasteiger partial charge in [0.05, 0.1) is 12.3 Å². The number of aliphatic imine (C=N–C) groups is 1. The van der Waals surface area contributed by atoms with E-state index in [4.69, 9.17) is 4.99 Å². The number of guanidine groups is 1. The van der Waals surface area contributed by atoms with E-state index in [0.717, 1.165) is 48.6 Å². The molecule has 0 aromatic heterocycles. The van der Waals surface area contributed by atoms with Crippen LogP contribution in [0.1, 0.15) is 57.6 Å². The zero-order chi connectivity index (χ0) is 20.9. The van der Waals surface area contributed by atoms with E-state index in [-0.39, 0.29) is 35.8 Å². The predicted molar refractivity (Wildman–Crippen MR) is 135 cm³/mol. The number of sulfonamides is 1. The molecule has 1 aromatic carbocycles. The second-order valence-corrected chi connectivity index (χ2v) is 10.4. The Labute approximate surface area is 199 Å². The summed E-state index contributed by atoms with van der Waals surface area (Å²) in [5.74, 6) is 2.54. The molecule has 2 N–H and O–H groups in total. The van der Waals surface area contributed by atoms with Crippen molar-refractivity contribution in [2.24, 2.45) is 16.8 Å². The molecule has 1 saturated heterocycles. The number of benzene rings is 1. The van der Waals surface area contributed by atoms with Crippen molar-refractivity contribution in [2.45, 2.75) is 64.8 Å². The van der Waals surface area contributed by atoms with Gasteiger partial charge >= 0.3 is 0 Å². The first-order valence-electron chi connectivity index (χ1n) is 11.0. The van der Waals surface area contributed by atoms with Crippen molar-refractivity contribution >= 4 is 40.0 Å². The van der Waals surface area contributed by atoms with Crippen molar-refractivity contribution in [1.82, 2.24) is 14.9 Å². The highest BCUT2D eigenvalue weighted by atomic mass is 127. The monoisotopic (exact) mass is 548 g/mol. The zero-order valence-corrected chi connectivity index (χ0v) is 21.6. The summed E-state index contributed by atoms with van der Waals surface area (Å²) in [5, 5.41) is 3.44. The molecule has 1 aliphatic heterocycles. The van der Waals surface area contributed by atoms with Crippen molar-refractivity contribution in [3.05, 3.63) is 35.4 Å². The average Bonchev–Trinajstić information content (AvgIpc) is 3.09. The molecule has 1 aromatic rings. The van der Waals surface area contributed by atoms with E-state index in [2.05, 4.69) is 21.9 Å². The highest BCUT2D eigenvalue weighted by Crippen LogP contribution is 2.36. The third-order valence-corrected chi connectivity index (χ3v) is 7.41. The topological polar surface area (TPSA) is 73.8 Å². The largest absolute Gasteiger partial charge is 0.357 e. The minimum Gasteiger partial charge on any atom is -0.357 e. The van der Waals surface area contributed by atoms with Gasteiger partial charge in [-0.15, -0.1) is 24.0 Å². The molecule has 0 radical (unpaired) electrons. The van der Waals surface area contributed by atoms with Crippen molar-refractivity contribution < 1.29 is 8.42 Å². The van der Waals surface area contributed by atoms with Crippen molar-refractivity contribution in [2.75, 3.05) is 19.6 Å². The lowest BCUT2D eigenvalue weighted by molar-refractivity contribution is 0.299. The van der Waals surface area contributed by atoms with Gasteiger partial charge in [0.25, 0.3) is 0 Å². The Morgan fingerprint density at radius 2 is 1.73 bits per heavy atom. The summed E-state index contributed by atoms with van der Waals surface area (Å²) in [4.78, 5) is 7.30. The summed E-state index contributed by atoms with van der Waals surface area (Å²) >= 11 is 0. The number of fused-ring (bicyclic) bond motifs is 1. The SMILES string of the molecule is CCNC(=NCc1ccccc1CS(=O)(=O)NC(C)C)N1CC2CCCCC2C1.I. The van der Waals surface area contributed by atoms with E-state index in [1.54, 1.807) is 0 Å². The van der Waals surface area contributed by atoms with Crippen LogP contribution in [-0.4, -0.2) is 45.0 Å². The molecule has 1 saturated carbocycles. The number of hydrogen-bond donors (Lipinski definition) is 2. The van der Waals surface area contributed by atoms with Crippen molar-refractivity contribution in [1.29, 1.82) is 0 Å². The lowest BCUT2D eigenvalue weighted by atomic mass is 9.82. The van der Waals surface area contributed by atoms with E-state index in [9.17, 15) is 8.42 Å². The van der Waals surface area contributed by atoms with Gasteiger partial charge in [-0.05, 0) is 56.6 Å². The van der Waals surface area contributed by atoms with Crippen LogP contribution >= 0.6 is 24.0 Å². The van der Waals surface area contributed by atoms with Crippen LogP contribution in [-0.2, 0) is 22.3 Å². The molecule has 30 heavy (non-hydrogen) atoms. The second-order valence-electron chi connectivity index (χ2n) is 8.68. The summed E-state index contributed by atoms with van der Waals surface area (Å²) in [7, 11) is -3.36. The summed E-state index contributed by atoms with van der Waals surface area (Å²) in [5.41, 5.74) is 1.78. The molecule has 6 nitrogen and oxygen atoms in total. The number of rotatable bonds is 7. The molecule has 3 rings (SSSR count). The van der Waals surface area contributed by atoms with Crippen LogP contribution in [0.3, 0.4) is 0 Å². The lowest BCUT2D eigenvalue weighted by Gasteiger charge is -2.22. The molecule has 2 atom stereocenters. The Bertz CT molecular complexity index is 799. The molecule has 1 aliphatic carbocycles. The maximum absolute atomic E-state index is 12.4. The van der Waals surface area contributed by atoms with E-state index in [1.807, 2.05) is 38.1 Å². The van der Waals surface area contributed by atoms with Gasteiger partial charge in [-0.2, -0.15) is 0 Å². The van der Waals surface area contributed by atoms with Gasteiger partial charge < -0.3 is 10.2 Å². The Kier molecular flexibility index (Phi) is 9.87. The Balaban J connectivity index is 0.00000320. The maximum Gasteiger partial charge on any atom is 0.216 e. The quantitative estimate of drug-likeness (QED) is 0.310. The summed E-state index contributed by atoms with van der Waals surface area (Å²) < 4.78 is 27.4. The number of likely N-dealkylation sites (tertiary alicyclic amines) is 1. The fourth-order valence-electron chi connectivity index (χ4n) is 4.62. The van der Waals surface area contributed by atoms with Crippen LogP contribution in [0.5, 0.6) is 0 Å². The normalized spacial score (nSPS) is 22.0. The molecule has 2 aliphatic rings. The third-order valence-electron chi connectivity index (χ3n) is 5.89. The van der Waals surface area contributed by atoms with Crippen LogP contribution in [0.15, 0.2) is 29.3 Å². The van der Waals surface area contributed by atoms with Crippen LogP contribution in [0.4, 0.5) is 0 Å². The van der Waals surface area contributed by atoms with E-state index < -0.39 is 10.0 Å². The molecular formula is C22H37IN4O2S. The third kappa shape index (κ3) is 7.09. The minimum atomic E-state index is -3.36. The number of nitrogens with one attached hydrogen (secondary N) is 2. The van der Waals surface area contributed by atoms with Gasteiger partial charge in [0.1, 0.15) is 0 Å².